The van der Waals surface area contributed by atoms with Crippen LogP contribution in [-0.4, -0.2) is 10.7 Å². The third-order valence-corrected chi connectivity index (χ3v) is 2.58. The van der Waals surface area contributed by atoms with Crippen molar-refractivity contribution in [3.8, 4) is 0 Å². The molecular weight excluding hydrogens is 258 g/mol. The monoisotopic (exact) mass is 265 g/mol. The molecule has 2 aromatic rings. The van der Waals surface area contributed by atoms with Gasteiger partial charge in [-0.15, -0.1) is 0 Å². The summed E-state index contributed by atoms with van der Waals surface area (Å²) in [6.45, 7) is 0. The Labute approximate surface area is 107 Å². The second-order valence-electron chi connectivity index (χ2n) is 3.62. The molecule has 0 amide bonds. The van der Waals surface area contributed by atoms with E-state index >= 15 is 0 Å². The first-order valence-electron chi connectivity index (χ1n) is 5.08. The molecule has 0 bridgehead atoms. The van der Waals surface area contributed by atoms with E-state index in [1.807, 2.05) is 0 Å². The first-order chi connectivity index (χ1) is 8.56. The molecule has 0 atom stereocenters. The number of carbonyl (C=O) groups excluding carboxylic acids is 1. The summed E-state index contributed by atoms with van der Waals surface area (Å²) in [6.07, 6.45) is 0.113. The fourth-order valence-electron chi connectivity index (χ4n) is 1.45. The third-order valence-electron chi connectivity index (χ3n) is 2.32. The maximum Gasteiger partial charge on any atom is 0.433 e. The van der Waals surface area contributed by atoms with Gasteiger partial charge < -0.3 is 4.42 Å². The fourth-order valence-corrected chi connectivity index (χ4v) is 1.58. The number of halogens is 1. The van der Waals surface area contributed by atoms with Crippen LogP contribution >= 0.6 is 11.6 Å². The number of carbonyl (C=O) groups is 1. The predicted molar refractivity (Wildman–Crippen MR) is 64.8 cm³/mol. The standard InChI is InChI=1S/C12H8ClNO4/c13-9-3-1-8(2-4-9)7-10(15)11-5-6-12(18-11)14(16)17/h1-6H,7H2. The summed E-state index contributed by atoms with van der Waals surface area (Å²) >= 11 is 5.72. The molecule has 1 aromatic carbocycles. The molecule has 0 radical (unpaired) electrons. The third kappa shape index (κ3) is 2.75. The zero-order chi connectivity index (χ0) is 13.1. The van der Waals surface area contributed by atoms with Gasteiger partial charge in [0, 0.05) is 11.4 Å². The van der Waals surface area contributed by atoms with Crippen LogP contribution in [0.15, 0.2) is 40.8 Å². The molecule has 0 aliphatic heterocycles. The van der Waals surface area contributed by atoms with Gasteiger partial charge in [0.1, 0.15) is 4.92 Å². The average Bonchev–Trinajstić information content (AvgIpc) is 2.81. The van der Waals surface area contributed by atoms with Crippen molar-refractivity contribution in [3.63, 3.8) is 0 Å². The van der Waals surface area contributed by atoms with E-state index in [4.69, 9.17) is 16.0 Å². The average molecular weight is 266 g/mol. The molecule has 0 saturated carbocycles. The van der Waals surface area contributed by atoms with Crippen LogP contribution < -0.4 is 0 Å². The quantitative estimate of drug-likeness (QED) is 0.483. The lowest BCUT2D eigenvalue weighted by Crippen LogP contribution is -2.01. The van der Waals surface area contributed by atoms with Crippen molar-refractivity contribution in [2.75, 3.05) is 0 Å². The van der Waals surface area contributed by atoms with Crippen LogP contribution in [0, 0.1) is 10.1 Å². The van der Waals surface area contributed by atoms with Crippen molar-refractivity contribution in [3.05, 3.63) is 62.9 Å². The van der Waals surface area contributed by atoms with Gasteiger partial charge in [0.25, 0.3) is 0 Å². The molecule has 0 spiro atoms. The second kappa shape index (κ2) is 5.01. The lowest BCUT2D eigenvalue weighted by Gasteiger charge is -1.98. The van der Waals surface area contributed by atoms with E-state index in [-0.39, 0.29) is 18.0 Å². The molecule has 18 heavy (non-hydrogen) atoms. The van der Waals surface area contributed by atoms with Gasteiger partial charge in [-0.25, -0.2) is 0 Å². The van der Waals surface area contributed by atoms with Crippen LogP contribution in [0.5, 0.6) is 0 Å². The van der Waals surface area contributed by atoms with Crippen LogP contribution in [0.25, 0.3) is 0 Å². The number of hydrogen-bond acceptors (Lipinski definition) is 4. The molecule has 0 aliphatic carbocycles. The van der Waals surface area contributed by atoms with E-state index in [2.05, 4.69) is 0 Å². The van der Waals surface area contributed by atoms with Crippen molar-refractivity contribution >= 4 is 23.3 Å². The SMILES string of the molecule is O=C(Cc1ccc(Cl)cc1)c1ccc([N+](=O)[O-])o1. The molecule has 5 nitrogen and oxygen atoms in total. The fraction of sp³-hybridized carbons (Fsp3) is 0.0833. The van der Waals surface area contributed by atoms with Crippen molar-refractivity contribution in [2.24, 2.45) is 0 Å². The first-order valence-corrected chi connectivity index (χ1v) is 5.46. The maximum atomic E-state index is 11.8. The number of benzene rings is 1. The van der Waals surface area contributed by atoms with E-state index in [0.29, 0.717) is 5.02 Å². The molecule has 0 aliphatic rings. The molecular formula is C12H8ClNO4. The highest BCUT2D eigenvalue weighted by Gasteiger charge is 2.17. The first kappa shape index (κ1) is 12.3. The highest BCUT2D eigenvalue weighted by atomic mass is 35.5. The van der Waals surface area contributed by atoms with Gasteiger partial charge in [-0.3, -0.25) is 14.9 Å². The molecule has 2 rings (SSSR count). The summed E-state index contributed by atoms with van der Waals surface area (Å²) in [6, 6.07) is 9.25. The van der Waals surface area contributed by atoms with Crippen molar-refractivity contribution in [2.45, 2.75) is 6.42 Å². The van der Waals surface area contributed by atoms with E-state index in [9.17, 15) is 14.9 Å². The maximum absolute atomic E-state index is 11.8. The summed E-state index contributed by atoms with van der Waals surface area (Å²) in [5, 5.41) is 11.0. The van der Waals surface area contributed by atoms with Gasteiger partial charge in [0.05, 0.1) is 6.07 Å². The molecule has 92 valence electrons. The zero-order valence-electron chi connectivity index (χ0n) is 9.13. The van der Waals surface area contributed by atoms with E-state index in [0.717, 1.165) is 11.6 Å². The molecule has 0 fully saturated rings. The molecule has 0 saturated heterocycles. The summed E-state index contributed by atoms with van der Waals surface area (Å²) in [4.78, 5) is 21.5. The van der Waals surface area contributed by atoms with Gasteiger partial charge >= 0.3 is 5.88 Å². The summed E-state index contributed by atoms with van der Waals surface area (Å²) < 4.78 is 4.83. The normalized spacial score (nSPS) is 10.3. The second-order valence-corrected chi connectivity index (χ2v) is 4.06. The molecule has 0 N–H and O–H groups in total. The van der Waals surface area contributed by atoms with Gasteiger partial charge in [-0.2, -0.15) is 0 Å². The number of hydrogen-bond donors (Lipinski definition) is 0. The van der Waals surface area contributed by atoms with Crippen LogP contribution in [0.2, 0.25) is 5.02 Å². The Morgan fingerprint density at radius 2 is 1.89 bits per heavy atom. The van der Waals surface area contributed by atoms with Crippen molar-refractivity contribution in [1.82, 2.24) is 0 Å². The Kier molecular flexibility index (Phi) is 3.43. The van der Waals surface area contributed by atoms with Crippen molar-refractivity contribution < 1.29 is 14.1 Å². The number of nitrogens with zero attached hydrogens (tertiary/aromatic N) is 1. The zero-order valence-corrected chi connectivity index (χ0v) is 9.89. The lowest BCUT2D eigenvalue weighted by atomic mass is 10.1. The number of rotatable bonds is 4. The smallest absolute Gasteiger partial charge is 0.397 e. The number of nitro groups is 1. The lowest BCUT2D eigenvalue weighted by molar-refractivity contribution is -0.402. The van der Waals surface area contributed by atoms with Gasteiger partial charge in [0.15, 0.2) is 5.76 Å². The molecule has 0 unspecified atom stereocenters. The van der Waals surface area contributed by atoms with E-state index < -0.39 is 10.8 Å². The Balaban J connectivity index is 2.11. The minimum atomic E-state index is -0.681. The summed E-state index contributed by atoms with van der Waals surface area (Å²) in [5.74, 6) is -0.767. The molecule has 6 heteroatoms. The van der Waals surface area contributed by atoms with Crippen molar-refractivity contribution in [1.29, 1.82) is 0 Å². The topological polar surface area (TPSA) is 73.3 Å². The number of ketones is 1. The summed E-state index contributed by atoms with van der Waals surface area (Å²) in [7, 11) is 0. The number of Topliss-reactive ketones (excluding diaryl/α,β-unsaturated/α-hetero) is 1. The van der Waals surface area contributed by atoms with Gasteiger partial charge in [0.2, 0.25) is 5.78 Å². The Hall–Kier alpha value is -2.14. The number of furan rings is 1. The molecule has 1 aromatic heterocycles. The highest BCUT2D eigenvalue weighted by Crippen LogP contribution is 2.18. The van der Waals surface area contributed by atoms with Crippen LogP contribution in [0.4, 0.5) is 5.88 Å². The van der Waals surface area contributed by atoms with E-state index in [1.54, 1.807) is 24.3 Å². The minimum Gasteiger partial charge on any atom is -0.397 e. The van der Waals surface area contributed by atoms with Crippen LogP contribution in [0.1, 0.15) is 16.1 Å². The van der Waals surface area contributed by atoms with Crippen LogP contribution in [0.3, 0.4) is 0 Å². The van der Waals surface area contributed by atoms with Gasteiger partial charge in [-0.05, 0) is 23.8 Å². The Morgan fingerprint density at radius 1 is 1.22 bits per heavy atom. The van der Waals surface area contributed by atoms with E-state index in [1.165, 1.54) is 6.07 Å². The summed E-state index contributed by atoms with van der Waals surface area (Å²) in [5.41, 5.74) is 0.767. The Morgan fingerprint density at radius 3 is 2.44 bits per heavy atom. The largest absolute Gasteiger partial charge is 0.433 e. The van der Waals surface area contributed by atoms with Crippen LogP contribution in [-0.2, 0) is 6.42 Å². The van der Waals surface area contributed by atoms with Gasteiger partial charge in [-0.1, -0.05) is 23.7 Å². The predicted octanol–water partition coefficient (Wildman–Crippen LogP) is 3.27. The highest BCUT2D eigenvalue weighted by molar-refractivity contribution is 6.30. The minimum absolute atomic E-state index is 0.0170. The molecule has 1 heterocycles. The Bertz CT molecular complexity index is 588.